The van der Waals surface area contributed by atoms with Crippen LogP contribution >= 0.6 is 0 Å². The number of esters is 2. The summed E-state index contributed by atoms with van der Waals surface area (Å²) < 4.78 is 9.66. The quantitative estimate of drug-likeness (QED) is 0.495. The van der Waals surface area contributed by atoms with E-state index in [1.54, 1.807) is 13.8 Å². The number of carbonyl (C=O) groups excluding carboxylic acids is 2. The molecular formula is C12H20O4. The van der Waals surface area contributed by atoms with Crippen molar-refractivity contribution in [3.63, 3.8) is 0 Å². The summed E-state index contributed by atoms with van der Waals surface area (Å²) in [5, 5.41) is 0. The molecule has 0 saturated heterocycles. The first-order valence-corrected chi connectivity index (χ1v) is 5.59. The zero-order valence-electron chi connectivity index (χ0n) is 10.2. The molecule has 16 heavy (non-hydrogen) atoms. The molecular weight excluding hydrogens is 208 g/mol. The second kappa shape index (κ2) is 8.95. The molecule has 0 amide bonds. The third-order valence-electron chi connectivity index (χ3n) is 1.84. The fraction of sp³-hybridized carbons (Fsp3) is 0.667. The Bertz CT molecular complexity index is 256. The van der Waals surface area contributed by atoms with Crippen LogP contribution in [0.1, 0.15) is 40.0 Å². The van der Waals surface area contributed by atoms with E-state index in [0.29, 0.717) is 26.1 Å². The molecule has 0 aromatic carbocycles. The number of rotatable bonds is 7. The van der Waals surface area contributed by atoms with E-state index in [2.05, 4.69) is 0 Å². The molecule has 0 radical (unpaired) electrons. The minimum Gasteiger partial charge on any atom is -0.466 e. The number of carbonyl (C=O) groups is 2. The van der Waals surface area contributed by atoms with Gasteiger partial charge in [0.15, 0.2) is 0 Å². The summed E-state index contributed by atoms with van der Waals surface area (Å²) in [4.78, 5) is 22.2. The third-order valence-corrected chi connectivity index (χ3v) is 1.84. The molecule has 0 aliphatic carbocycles. The fourth-order valence-corrected chi connectivity index (χ4v) is 1.05. The molecule has 0 spiro atoms. The SMILES string of the molecule is CCCOC(=O)/C=C(\C)CCC(=O)OCC. The van der Waals surface area contributed by atoms with Gasteiger partial charge < -0.3 is 9.47 Å². The van der Waals surface area contributed by atoms with Crippen molar-refractivity contribution in [1.82, 2.24) is 0 Å². The summed E-state index contributed by atoms with van der Waals surface area (Å²) in [6.07, 6.45) is 3.06. The smallest absolute Gasteiger partial charge is 0.330 e. The zero-order chi connectivity index (χ0) is 12.4. The van der Waals surface area contributed by atoms with Crippen LogP contribution in [0.25, 0.3) is 0 Å². The van der Waals surface area contributed by atoms with Crippen molar-refractivity contribution >= 4 is 11.9 Å². The number of hydrogen-bond donors (Lipinski definition) is 0. The average molecular weight is 228 g/mol. The van der Waals surface area contributed by atoms with Crippen LogP contribution in [0, 0.1) is 0 Å². The van der Waals surface area contributed by atoms with E-state index in [4.69, 9.17) is 9.47 Å². The lowest BCUT2D eigenvalue weighted by atomic mass is 10.1. The van der Waals surface area contributed by atoms with Crippen LogP contribution in [-0.2, 0) is 19.1 Å². The maximum atomic E-state index is 11.2. The normalized spacial score (nSPS) is 11.1. The van der Waals surface area contributed by atoms with E-state index >= 15 is 0 Å². The van der Waals surface area contributed by atoms with Gasteiger partial charge in [-0.1, -0.05) is 12.5 Å². The lowest BCUT2D eigenvalue weighted by Crippen LogP contribution is -2.05. The molecule has 0 unspecified atom stereocenters. The molecule has 0 saturated carbocycles. The maximum Gasteiger partial charge on any atom is 0.330 e. The van der Waals surface area contributed by atoms with Crippen molar-refractivity contribution in [3.05, 3.63) is 11.6 Å². The van der Waals surface area contributed by atoms with Crippen molar-refractivity contribution in [2.45, 2.75) is 40.0 Å². The van der Waals surface area contributed by atoms with Crippen LogP contribution in [0.2, 0.25) is 0 Å². The Morgan fingerprint density at radius 2 is 1.81 bits per heavy atom. The van der Waals surface area contributed by atoms with Crippen LogP contribution in [-0.4, -0.2) is 25.2 Å². The van der Waals surface area contributed by atoms with Crippen LogP contribution in [0.5, 0.6) is 0 Å². The van der Waals surface area contributed by atoms with Crippen LogP contribution in [0.3, 0.4) is 0 Å². The van der Waals surface area contributed by atoms with Gasteiger partial charge in [0.2, 0.25) is 0 Å². The zero-order valence-corrected chi connectivity index (χ0v) is 10.2. The van der Waals surface area contributed by atoms with Gasteiger partial charge in [-0.3, -0.25) is 4.79 Å². The summed E-state index contributed by atoms with van der Waals surface area (Å²) in [6, 6.07) is 0. The lowest BCUT2D eigenvalue weighted by Gasteiger charge is -2.02. The molecule has 0 bridgehead atoms. The van der Waals surface area contributed by atoms with Crippen molar-refractivity contribution in [2.24, 2.45) is 0 Å². The van der Waals surface area contributed by atoms with E-state index < -0.39 is 0 Å². The molecule has 0 aliphatic rings. The first-order valence-electron chi connectivity index (χ1n) is 5.59. The van der Waals surface area contributed by atoms with Gasteiger partial charge in [-0.25, -0.2) is 4.79 Å². The van der Waals surface area contributed by atoms with Crippen molar-refractivity contribution in [3.8, 4) is 0 Å². The molecule has 0 aromatic rings. The molecule has 0 aliphatic heterocycles. The monoisotopic (exact) mass is 228 g/mol. The Morgan fingerprint density at radius 1 is 1.12 bits per heavy atom. The van der Waals surface area contributed by atoms with E-state index in [1.807, 2.05) is 6.92 Å². The van der Waals surface area contributed by atoms with Crippen LogP contribution in [0.4, 0.5) is 0 Å². The standard InChI is InChI=1S/C12H20O4/c1-4-8-16-12(14)9-10(3)6-7-11(13)15-5-2/h9H,4-8H2,1-3H3/b10-9+. The maximum absolute atomic E-state index is 11.2. The van der Waals surface area contributed by atoms with Crippen molar-refractivity contribution in [1.29, 1.82) is 0 Å². The Kier molecular flexibility index (Phi) is 8.21. The summed E-state index contributed by atoms with van der Waals surface area (Å²) >= 11 is 0. The van der Waals surface area contributed by atoms with Gasteiger partial charge in [0, 0.05) is 12.5 Å². The van der Waals surface area contributed by atoms with Crippen molar-refractivity contribution in [2.75, 3.05) is 13.2 Å². The van der Waals surface area contributed by atoms with Gasteiger partial charge in [0.1, 0.15) is 0 Å². The minimum atomic E-state index is -0.344. The van der Waals surface area contributed by atoms with Gasteiger partial charge in [-0.2, -0.15) is 0 Å². The second-order valence-corrected chi connectivity index (χ2v) is 3.46. The molecule has 0 aromatic heterocycles. The summed E-state index contributed by atoms with van der Waals surface area (Å²) in [7, 11) is 0. The molecule has 4 nitrogen and oxygen atoms in total. The van der Waals surface area contributed by atoms with Crippen LogP contribution in [0.15, 0.2) is 11.6 Å². The highest BCUT2D eigenvalue weighted by Gasteiger charge is 2.04. The number of hydrogen-bond acceptors (Lipinski definition) is 4. The Morgan fingerprint density at radius 3 is 2.38 bits per heavy atom. The molecule has 0 N–H and O–H groups in total. The molecule has 0 heterocycles. The van der Waals surface area contributed by atoms with E-state index in [1.165, 1.54) is 6.08 Å². The average Bonchev–Trinajstić information content (AvgIpc) is 2.24. The summed E-state index contributed by atoms with van der Waals surface area (Å²) in [6.45, 7) is 6.32. The highest BCUT2D eigenvalue weighted by molar-refractivity contribution is 5.82. The predicted molar refractivity (Wildman–Crippen MR) is 60.9 cm³/mol. The number of ether oxygens (including phenoxy) is 2. The Balaban J connectivity index is 3.86. The van der Waals surface area contributed by atoms with Crippen LogP contribution < -0.4 is 0 Å². The van der Waals surface area contributed by atoms with E-state index in [0.717, 1.165) is 12.0 Å². The Labute approximate surface area is 96.6 Å². The molecule has 92 valence electrons. The number of allylic oxidation sites excluding steroid dienone is 1. The molecule has 0 atom stereocenters. The van der Waals surface area contributed by atoms with Gasteiger partial charge in [-0.15, -0.1) is 0 Å². The first-order chi connectivity index (χ1) is 7.60. The predicted octanol–water partition coefficient (Wildman–Crippen LogP) is 2.23. The van der Waals surface area contributed by atoms with E-state index in [-0.39, 0.29) is 11.9 Å². The topological polar surface area (TPSA) is 52.6 Å². The minimum absolute atomic E-state index is 0.239. The largest absolute Gasteiger partial charge is 0.466 e. The molecule has 4 heteroatoms. The fourth-order valence-electron chi connectivity index (χ4n) is 1.05. The second-order valence-electron chi connectivity index (χ2n) is 3.46. The highest BCUT2D eigenvalue weighted by atomic mass is 16.5. The molecule has 0 fully saturated rings. The van der Waals surface area contributed by atoms with Gasteiger partial charge in [0.25, 0.3) is 0 Å². The summed E-state index contributed by atoms with van der Waals surface area (Å²) in [5.41, 5.74) is 0.828. The molecule has 0 rings (SSSR count). The first kappa shape index (κ1) is 14.7. The summed E-state index contributed by atoms with van der Waals surface area (Å²) in [5.74, 6) is -0.583. The van der Waals surface area contributed by atoms with Gasteiger partial charge in [0.05, 0.1) is 13.2 Å². The lowest BCUT2D eigenvalue weighted by molar-refractivity contribution is -0.143. The Hall–Kier alpha value is -1.32. The highest BCUT2D eigenvalue weighted by Crippen LogP contribution is 2.05. The van der Waals surface area contributed by atoms with Gasteiger partial charge >= 0.3 is 11.9 Å². The third kappa shape index (κ3) is 8.03. The van der Waals surface area contributed by atoms with Crippen molar-refractivity contribution < 1.29 is 19.1 Å². The van der Waals surface area contributed by atoms with Gasteiger partial charge in [-0.05, 0) is 26.7 Å². The van der Waals surface area contributed by atoms with E-state index in [9.17, 15) is 9.59 Å².